The molecule has 0 aliphatic rings. The van der Waals surface area contributed by atoms with Crippen molar-refractivity contribution in [2.75, 3.05) is 6.16 Å². The third-order valence-corrected chi connectivity index (χ3v) is 4.04. The second kappa shape index (κ2) is 3.20. The summed E-state index contributed by atoms with van der Waals surface area (Å²) in [5.41, 5.74) is 0. The van der Waals surface area contributed by atoms with Crippen molar-refractivity contribution in [3.63, 3.8) is 0 Å². The monoisotopic (exact) mass is 200 g/mol. The summed E-state index contributed by atoms with van der Waals surface area (Å²) in [5, 5.41) is 0.161. The Hall–Kier alpha value is -0.730. The summed E-state index contributed by atoms with van der Waals surface area (Å²) >= 11 is 0. The number of allylic oxidation sites excluding steroid dienone is 1. The fraction of sp³-hybridized carbons (Fsp3) is 0.111. The zero-order valence-corrected chi connectivity index (χ0v) is 8.06. The van der Waals surface area contributed by atoms with Gasteiger partial charge in [0.1, 0.15) is 0 Å². The fourth-order valence-corrected chi connectivity index (χ4v) is 2.55. The summed E-state index contributed by atoms with van der Waals surface area (Å²) in [7, 11) is -4.66. The molecule has 0 fully saturated rings. The van der Waals surface area contributed by atoms with Gasteiger partial charge in [-0.15, -0.1) is 0 Å². The third kappa shape index (κ3) is 2.36. The van der Waals surface area contributed by atoms with E-state index < -0.39 is 7.28 Å². The summed E-state index contributed by atoms with van der Waals surface area (Å²) in [6.07, 6.45) is 1.08. The van der Waals surface area contributed by atoms with Gasteiger partial charge in [0.15, 0.2) is 0 Å². The summed E-state index contributed by atoms with van der Waals surface area (Å²) in [6, 6.07) is 8.00. The molecule has 0 unspecified atom stereocenters. The molecule has 0 radical (unpaired) electrons. The minimum atomic E-state index is -4.66. The molecule has 0 atom stereocenters. The predicted octanol–water partition coefficient (Wildman–Crippen LogP) is 0.773. The van der Waals surface area contributed by atoms with Gasteiger partial charge in [-0.1, -0.05) is 0 Å². The van der Waals surface area contributed by atoms with E-state index in [4.69, 9.17) is 0 Å². The van der Waals surface area contributed by atoms with Crippen molar-refractivity contribution in [2.24, 2.45) is 0 Å². The zero-order valence-electron chi connectivity index (χ0n) is 7.17. The van der Waals surface area contributed by atoms with Gasteiger partial charge >= 0.3 is 76.4 Å². The van der Waals surface area contributed by atoms with Crippen molar-refractivity contribution in [2.45, 2.75) is 0 Å². The van der Waals surface area contributed by atoms with Gasteiger partial charge < -0.3 is 0 Å². The van der Waals surface area contributed by atoms with Gasteiger partial charge in [-0.25, -0.2) is 0 Å². The molecule has 1 aromatic carbocycles. The first-order chi connectivity index (χ1) is 5.94. The van der Waals surface area contributed by atoms with Crippen molar-refractivity contribution in [1.29, 1.82) is 0 Å². The van der Waals surface area contributed by atoms with Crippen LogP contribution in [0.4, 0.5) is 0 Å². The number of benzene rings is 1. The first-order valence-electron chi connectivity index (χ1n) is 3.87. The van der Waals surface area contributed by atoms with Gasteiger partial charge in [-0.2, -0.15) is 0 Å². The van der Waals surface area contributed by atoms with Gasteiger partial charge in [0.25, 0.3) is 0 Å². The van der Waals surface area contributed by atoms with Crippen molar-refractivity contribution in [3.05, 3.63) is 43.0 Å². The molecule has 0 aromatic heterocycles. The molecule has 3 N–H and O–H groups in total. The second-order valence-electron chi connectivity index (χ2n) is 2.96. The molecule has 0 heterocycles. The van der Waals surface area contributed by atoms with E-state index in [0.29, 0.717) is 0 Å². The molecule has 1 aromatic rings. The Morgan fingerprint density at radius 1 is 1.15 bits per heavy atom. The summed E-state index contributed by atoms with van der Waals surface area (Å²) < 4.78 is 0. The van der Waals surface area contributed by atoms with Crippen LogP contribution in [0.5, 0.6) is 0 Å². The van der Waals surface area contributed by atoms with Gasteiger partial charge in [-0.3, -0.25) is 0 Å². The van der Waals surface area contributed by atoms with Crippen LogP contribution in [0.25, 0.3) is 0 Å². The molecule has 13 heavy (non-hydrogen) atoms. The molecule has 1 rings (SSSR count). The van der Waals surface area contributed by atoms with E-state index >= 15 is 0 Å². The first-order valence-corrected chi connectivity index (χ1v) is 6.15. The molecule has 72 valence electrons. The van der Waals surface area contributed by atoms with Gasteiger partial charge in [0, 0.05) is 0 Å². The van der Waals surface area contributed by atoms with Gasteiger partial charge in [-0.05, 0) is 0 Å². The van der Waals surface area contributed by atoms with E-state index in [-0.39, 0.29) is 11.5 Å². The molecule has 0 bridgehead atoms. The second-order valence-corrected chi connectivity index (χ2v) is 6.14. The molecular formula is C9H13O3P. The topological polar surface area (TPSA) is 60.7 Å². The van der Waals surface area contributed by atoms with Crippen LogP contribution in [0.1, 0.15) is 0 Å². The van der Waals surface area contributed by atoms with Gasteiger partial charge in [0.05, 0.1) is 0 Å². The normalized spacial score (nSPS) is 14.5. The van der Waals surface area contributed by atoms with E-state index in [9.17, 15) is 14.7 Å². The Morgan fingerprint density at radius 3 is 2.15 bits per heavy atom. The molecule has 0 spiro atoms. The van der Waals surface area contributed by atoms with Crippen molar-refractivity contribution >= 4 is 12.6 Å². The van der Waals surface area contributed by atoms with E-state index in [1.807, 2.05) is 0 Å². The Morgan fingerprint density at radius 2 is 1.69 bits per heavy atom. The van der Waals surface area contributed by atoms with Crippen LogP contribution in [0.15, 0.2) is 43.0 Å². The van der Waals surface area contributed by atoms with Crippen molar-refractivity contribution < 1.29 is 14.7 Å². The summed E-state index contributed by atoms with van der Waals surface area (Å²) in [5.74, 6) is 0. The predicted molar refractivity (Wildman–Crippen MR) is 54.7 cm³/mol. The minimum absolute atomic E-state index is 0.161. The summed E-state index contributed by atoms with van der Waals surface area (Å²) in [6.45, 7) is 3.37. The quantitative estimate of drug-likeness (QED) is 0.499. The van der Waals surface area contributed by atoms with Crippen LogP contribution in [0.3, 0.4) is 0 Å². The molecule has 0 saturated heterocycles. The molecular weight excluding hydrogens is 187 g/mol. The Bertz CT molecular complexity index is 300. The maximum atomic E-state index is 9.62. The van der Waals surface area contributed by atoms with Crippen LogP contribution in [-0.4, -0.2) is 20.8 Å². The average Bonchev–Trinajstić information content (AvgIpc) is 2.05. The SMILES string of the molecule is C=CCP(O)(O)(O)c1ccccc1. The average molecular weight is 200 g/mol. The Balaban J connectivity index is 3.12. The van der Waals surface area contributed by atoms with Crippen LogP contribution in [0, 0.1) is 0 Å². The molecule has 4 heteroatoms. The molecule has 0 aliphatic heterocycles. The number of rotatable bonds is 3. The number of hydrogen-bond acceptors (Lipinski definition) is 3. The molecule has 3 nitrogen and oxygen atoms in total. The van der Waals surface area contributed by atoms with Crippen LogP contribution in [0.2, 0.25) is 0 Å². The number of hydrogen-bond donors (Lipinski definition) is 3. The zero-order chi connectivity index (χ0) is 9.97. The van der Waals surface area contributed by atoms with Crippen molar-refractivity contribution in [3.8, 4) is 0 Å². The standard InChI is InChI=1S/C9H13O3P/c1-2-8-13(10,11,12)9-6-4-3-5-7-9/h2-7,10-12H,1,8H2. The van der Waals surface area contributed by atoms with Crippen LogP contribution < -0.4 is 5.30 Å². The van der Waals surface area contributed by atoms with E-state index in [2.05, 4.69) is 6.58 Å². The Kier molecular flexibility index (Phi) is 2.55. The van der Waals surface area contributed by atoms with E-state index in [1.165, 1.54) is 18.2 Å². The maximum absolute atomic E-state index is 9.62. The van der Waals surface area contributed by atoms with Crippen LogP contribution >= 0.6 is 7.28 Å². The Labute approximate surface area is 77.1 Å². The van der Waals surface area contributed by atoms with E-state index in [1.54, 1.807) is 18.2 Å². The third-order valence-electron chi connectivity index (χ3n) is 1.75. The van der Waals surface area contributed by atoms with E-state index in [0.717, 1.165) is 0 Å². The van der Waals surface area contributed by atoms with Crippen LogP contribution in [-0.2, 0) is 0 Å². The van der Waals surface area contributed by atoms with Gasteiger partial charge in [0.2, 0.25) is 0 Å². The molecule has 0 saturated carbocycles. The van der Waals surface area contributed by atoms with Crippen molar-refractivity contribution in [1.82, 2.24) is 0 Å². The fourth-order valence-electron chi connectivity index (χ4n) is 1.08. The first kappa shape index (κ1) is 10.4. The summed E-state index contributed by atoms with van der Waals surface area (Å²) in [4.78, 5) is 28.9. The molecule has 0 aliphatic carbocycles. The molecule has 0 amide bonds.